The molecule has 6 aromatic carbocycles. The van der Waals surface area contributed by atoms with Gasteiger partial charge in [0.15, 0.2) is 0 Å². The van der Waals surface area contributed by atoms with Crippen LogP contribution in [0, 0.1) is 37.5 Å². The summed E-state index contributed by atoms with van der Waals surface area (Å²) >= 11 is -0.894. The van der Waals surface area contributed by atoms with E-state index < -0.39 is 19.2 Å². The number of hydrogen-bond donors (Lipinski definition) is 2. The molecule has 0 saturated heterocycles. The second kappa shape index (κ2) is 23.7. The first-order valence-corrected chi connectivity index (χ1v) is 31.9. The average Bonchev–Trinajstić information content (AvgIpc) is 3.58. The molecular weight excluding hydrogens is 908 g/mol. The number of benzene rings is 6. The van der Waals surface area contributed by atoms with E-state index in [1.54, 1.807) is 0 Å². The van der Waals surface area contributed by atoms with Crippen molar-refractivity contribution in [3.8, 4) is 35.2 Å². The van der Waals surface area contributed by atoms with E-state index in [2.05, 4.69) is 103 Å². The Labute approximate surface area is 403 Å². The Morgan fingerprint density at radius 1 is 0.492 bits per heavy atom. The van der Waals surface area contributed by atoms with E-state index in [4.69, 9.17) is 0 Å². The van der Waals surface area contributed by atoms with Crippen LogP contribution in [-0.4, -0.2) is 20.7 Å². The van der Waals surface area contributed by atoms with Gasteiger partial charge in [-0.15, -0.1) is 24.3 Å². The van der Waals surface area contributed by atoms with Crippen molar-refractivity contribution in [3.63, 3.8) is 0 Å². The maximum atomic E-state index is 11.8. The summed E-state index contributed by atoms with van der Waals surface area (Å²) in [4.78, 5) is 0. The fourth-order valence-corrected chi connectivity index (χ4v) is 36.8. The topological polar surface area (TPSA) is 40.5 Å². The maximum Gasteiger partial charge on any atom is -0.0866 e. The minimum absolute atomic E-state index is 0.0475. The van der Waals surface area contributed by atoms with Crippen molar-refractivity contribution in [1.29, 1.82) is 0 Å². The quantitative estimate of drug-likeness (QED) is 0.137. The van der Waals surface area contributed by atoms with Gasteiger partial charge in [0.05, 0.1) is 0 Å². The normalized spacial score (nSPS) is 17.8. The largest absolute Gasteiger partial charge is 0.199 e. The van der Waals surface area contributed by atoms with Gasteiger partial charge in [-0.05, 0) is 0 Å². The second-order valence-electron chi connectivity index (χ2n) is 19.1. The molecule has 5 heteroatoms. The van der Waals surface area contributed by atoms with Gasteiger partial charge in [-0.3, -0.25) is 0 Å². The molecule has 1 saturated carbocycles. The molecule has 2 aliphatic rings. The van der Waals surface area contributed by atoms with Crippen LogP contribution >= 0.6 is 14.2 Å². The third-order valence-corrected chi connectivity index (χ3v) is 33.5. The van der Waals surface area contributed by atoms with Crippen LogP contribution < -0.4 is 0 Å². The fourth-order valence-electron chi connectivity index (χ4n) is 7.88. The molecule has 0 bridgehead atoms. The molecule has 336 valence electrons. The van der Waals surface area contributed by atoms with Gasteiger partial charge in [0.1, 0.15) is 0 Å². The Kier molecular flexibility index (Phi) is 18.2. The Bertz CT molecular complexity index is 2510. The molecule has 4 atom stereocenters. The van der Waals surface area contributed by atoms with E-state index in [0.717, 1.165) is 66.5 Å². The van der Waals surface area contributed by atoms with Crippen LogP contribution in [0.4, 0.5) is 0 Å². The van der Waals surface area contributed by atoms with Gasteiger partial charge in [0.2, 0.25) is 0 Å². The Morgan fingerprint density at radius 3 is 1.14 bits per heavy atom. The second-order valence-corrected chi connectivity index (χ2v) is 34.7. The van der Waals surface area contributed by atoms with Gasteiger partial charge in [0, 0.05) is 0 Å². The molecule has 1 aliphatic heterocycles. The van der Waals surface area contributed by atoms with Gasteiger partial charge in [-0.1, -0.05) is 12.1 Å². The van der Waals surface area contributed by atoms with E-state index in [1.165, 1.54) is 49.7 Å². The first kappa shape index (κ1) is 49.8. The SMILES string of the molecule is CC(C)(C)c1cc(C#Cc2ccccc2)c(O)c(C[S]2=[Zr]=[S@@](Cc3cc(C(C)(C)C)cc(C#Cc4ccccc4)c3O)C3CCCCCC[C@@H]32)c1.[CH2-]c1ccccc1.[CH2-]c1ccccc1. The van der Waals surface area contributed by atoms with Gasteiger partial charge in [-0.25, -0.2) is 0 Å². The van der Waals surface area contributed by atoms with Crippen LogP contribution in [0.3, 0.4) is 0 Å². The molecule has 1 heterocycles. The van der Waals surface area contributed by atoms with E-state index in [9.17, 15) is 10.2 Å². The number of fused-ring (bicyclic) bond motifs is 1. The van der Waals surface area contributed by atoms with Gasteiger partial charge in [0.25, 0.3) is 0 Å². The molecule has 0 spiro atoms. The zero-order valence-electron chi connectivity index (χ0n) is 39.3. The summed E-state index contributed by atoms with van der Waals surface area (Å²) in [6.07, 6.45) is 7.91. The summed E-state index contributed by atoms with van der Waals surface area (Å²) in [5.74, 6) is 16.0. The third kappa shape index (κ3) is 14.9. The zero-order chi connectivity index (χ0) is 46.4. The molecule has 2 unspecified atom stereocenters. The summed E-state index contributed by atoms with van der Waals surface area (Å²) in [6.45, 7) is 21.0. The first-order valence-electron chi connectivity index (χ1n) is 22.9. The summed E-state index contributed by atoms with van der Waals surface area (Å²) in [7, 11) is 0.582. The number of aromatic hydroxyl groups is 2. The van der Waals surface area contributed by atoms with Crippen LogP contribution in [0.25, 0.3) is 0 Å². The monoisotopic (exact) mass is 972 g/mol. The van der Waals surface area contributed by atoms with Gasteiger partial charge < -0.3 is 0 Å². The summed E-state index contributed by atoms with van der Waals surface area (Å²) in [5.41, 5.74) is 10.1. The van der Waals surface area contributed by atoms with Crippen molar-refractivity contribution in [3.05, 3.63) is 215 Å². The van der Waals surface area contributed by atoms with Crippen LogP contribution in [0.15, 0.2) is 146 Å². The molecule has 6 aromatic rings. The molecule has 1 fully saturated rings. The molecule has 2 N–H and O–H groups in total. The predicted octanol–water partition coefficient (Wildman–Crippen LogP) is 15.5. The number of rotatable bonds is 4. The maximum absolute atomic E-state index is 11.8. The molecule has 0 radical (unpaired) electrons. The zero-order valence-corrected chi connectivity index (χ0v) is 43.4. The summed E-state index contributed by atoms with van der Waals surface area (Å²) in [6, 6.07) is 48.7. The van der Waals surface area contributed by atoms with Crippen LogP contribution in [0.5, 0.6) is 11.5 Å². The number of hydrogen-bond acceptors (Lipinski definition) is 2. The van der Waals surface area contributed by atoms with Gasteiger partial charge in [-0.2, -0.15) is 49.2 Å². The summed E-state index contributed by atoms with van der Waals surface area (Å²) < 4.78 is 0. The van der Waals surface area contributed by atoms with E-state index in [0.29, 0.717) is 25.7 Å². The standard InChI is InChI=1S/C46H52O2S2.2C7H7.Zr/c1-45(2,3)39-27-35(25-23-33-17-11-9-12-18-33)43(47)37(29-39)31-49-41-21-15-7-8-16-22-42(41)50-32-38-30-40(46(4,5)6)28-36(44(38)48)26-24-34-19-13-10-14-20-34;2*1-7-5-3-2-4-6-7;/h9-14,17-20,27-30,41-42,47-48H,7-8,15-16,21-22,31-32H2,1-6H3;2*2-6H,1H2;/q;2*-1;/t41-,42?;;;/m0.../s1. The fraction of sp³-hybridized carbons (Fsp3) is 0.300. The third-order valence-electron chi connectivity index (χ3n) is 11.7. The molecular formula is C60H66O2S2Zr-2. The minimum atomic E-state index is -0.894. The van der Waals surface area contributed by atoms with E-state index in [-0.39, 0.29) is 10.8 Å². The Hall–Kier alpha value is -4.64. The molecule has 8 rings (SSSR count). The average molecular weight is 975 g/mol. The van der Waals surface area contributed by atoms with E-state index in [1.807, 2.05) is 121 Å². The van der Waals surface area contributed by atoms with Crippen LogP contribution in [0.2, 0.25) is 0 Å². The van der Waals surface area contributed by atoms with Crippen molar-refractivity contribution in [2.45, 2.75) is 113 Å². The Balaban J connectivity index is 0.000000424. The van der Waals surface area contributed by atoms with Crippen molar-refractivity contribution in [2.75, 3.05) is 0 Å². The van der Waals surface area contributed by atoms with E-state index >= 15 is 0 Å². The molecule has 2 nitrogen and oxygen atoms in total. The minimum Gasteiger partial charge on any atom is -0.199 e. The van der Waals surface area contributed by atoms with Crippen molar-refractivity contribution >= 4 is 14.2 Å². The number of phenols is 2. The molecule has 1 aliphatic carbocycles. The first-order chi connectivity index (χ1) is 31.2. The van der Waals surface area contributed by atoms with Crippen molar-refractivity contribution < 1.29 is 29.4 Å². The van der Waals surface area contributed by atoms with Crippen molar-refractivity contribution in [2.24, 2.45) is 0 Å². The predicted molar refractivity (Wildman–Crippen MR) is 278 cm³/mol. The Morgan fingerprint density at radius 2 is 0.831 bits per heavy atom. The number of phenolic OH excluding ortho intramolecular Hbond substituents is 2. The molecule has 0 amide bonds. The molecule has 0 aromatic heterocycles. The molecule has 65 heavy (non-hydrogen) atoms. The smallest absolute Gasteiger partial charge is 0.0866 e. The van der Waals surface area contributed by atoms with Crippen molar-refractivity contribution in [1.82, 2.24) is 0 Å². The van der Waals surface area contributed by atoms with Crippen LogP contribution in [0.1, 0.15) is 136 Å². The summed E-state index contributed by atoms with van der Waals surface area (Å²) in [5, 5.41) is 25.0. The van der Waals surface area contributed by atoms with Crippen LogP contribution in [-0.2, 0) is 41.5 Å². The van der Waals surface area contributed by atoms with Gasteiger partial charge >= 0.3 is 321 Å².